The lowest BCUT2D eigenvalue weighted by atomic mass is 10.1. The van der Waals surface area contributed by atoms with Gasteiger partial charge in [0.05, 0.1) is 6.04 Å². The molecule has 0 saturated carbocycles. The van der Waals surface area contributed by atoms with Gasteiger partial charge < -0.3 is 11.1 Å². The normalized spacial score (nSPS) is 17.0. The zero-order chi connectivity index (χ0) is 14.4. The highest BCUT2D eigenvalue weighted by atomic mass is 35.5. The van der Waals surface area contributed by atoms with Crippen LogP contribution in [-0.2, 0) is 11.2 Å². The van der Waals surface area contributed by atoms with E-state index in [1.165, 1.54) is 11.1 Å². The predicted octanol–water partition coefficient (Wildman–Crippen LogP) is 3.35. The number of hydrogen-bond acceptors (Lipinski definition) is 2. The van der Waals surface area contributed by atoms with Gasteiger partial charge in [-0.3, -0.25) is 4.79 Å². The van der Waals surface area contributed by atoms with Gasteiger partial charge in [-0.1, -0.05) is 36.6 Å². The molecule has 4 heteroatoms. The number of amides is 1. The van der Waals surface area contributed by atoms with Gasteiger partial charge in [-0.15, -0.1) is 0 Å². The third kappa shape index (κ3) is 3.97. The summed E-state index contributed by atoms with van der Waals surface area (Å²) in [6.45, 7) is 0.742. The lowest BCUT2D eigenvalue weighted by Gasteiger charge is -2.14. The predicted molar refractivity (Wildman–Crippen MR) is 82.8 cm³/mol. The van der Waals surface area contributed by atoms with Gasteiger partial charge in [-0.25, -0.2) is 0 Å². The minimum atomic E-state index is 0.139. The fourth-order valence-corrected chi connectivity index (χ4v) is 3.09. The summed E-state index contributed by atoms with van der Waals surface area (Å²) in [6, 6.07) is 6.08. The Balaban J connectivity index is 1.78. The standard InChI is InChI=1S/C16H23ClN2O/c17-14-7-5-6-13-12(14)9-10-15(13)19-16(20)8-3-1-2-4-11-18/h5-7,15H,1-4,8-11,18H2,(H,19,20). The zero-order valence-corrected chi connectivity index (χ0v) is 12.6. The van der Waals surface area contributed by atoms with Gasteiger partial charge in [0.25, 0.3) is 0 Å². The van der Waals surface area contributed by atoms with Crippen LogP contribution in [-0.4, -0.2) is 12.5 Å². The SMILES string of the molecule is NCCCCCCC(=O)NC1CCc2c(Cl)cccc21. The van der Waals surface area contributed by atoms with Crippen LogP contribution in [0, 0.1) is 0 Å². The summed E-state index contributed by atoms with van der Waals surface area (Å²) >= 11 is 6.18. The van der Waals surface area contributed by atoms with Crippen LogP contribution in [0.2, 0.25) is 5.02 Å². The number of nitrogens with one attached hydrogen (secondary N) is 1. The first-order valence-electron chi connectivity index (χ1n) is 7.49. The minimum absolute atomic E-state index is 0.139. The van der Waals surface area contributed by atoms with Crippen LogP contribution in [0.15, 0.2) is 18.2 Å². The first-order chi connectivity index (χ1) is 9.72. The Kier molecular flexibility index (Phi) is 5.86. The number of benzene rings is 1. The Bertz CT molecular complexity index is 462. The van der Waals surface area contributed by atoms with E-state index < -0.39 is 0 Å². The smallest absolute Gasteiger partial charge is 0.220 e. The largest absolute Gasteiger partial charge is 0.349 e. The van der Waals surface area contributed by atoms with Crippen molar-refractivity contribution in [3.05, 3.63) is 34.3 Å². The number of hydrogen-bond donors (Lipinski definition) is 2. The molecule has 0 heterocycles. The number of nitrogens with two attached hydrogens (primary N) is 1. The average molecular weight is 295 g/mol. The molecule has 1 amide bonds. The van der Waals surface area contributed by atoms with E-state index in [1.54, 1.807) is 0 Å². The number of carbonyl (C=O) groups is 1. The number of fused-ring (bicyclic) bond motifs is 1. The molecule has 0 aliphatic heterocycles. The molecule has 0 aromatic heterocycles. The molecule has 1 aromatic rings. The van der Waals surface area contributed by atoms with Gasteiger partial charge in [0.2, 0.25) is 5.91 Å². The van der Waals surface area contributed by atoms with Crippen molar-refractivity contribution in [1.29, 1.82) is 0 Å². The van der Waals surface area contributed by atoms with Crippen molar-refractivity contribution in [2.75, 3.05) is 6.54 Å². The first kappa shape index (κ1) is 15.3. The van der Waals surface area contributed by atoms with Gasteiger partial charge in [0.15, 0.2) is 0 Å². The lowest BCUT2D eigenvalue weighted by Crippen LogP contribution is -2.26. The molecule has 1 atom stereocenters. The van der Waals surface area contributed by atoms with Crippen molar-refractivity contribution in [3.8, 4) is 0 Å². The van der Waals surface area contributed by atoms with E-state index in [0.29, 0.717) is 6.42 Å². The molecule has 20 heavy (non-hydrogen) atoms. The third-order valence-corrected chi connectivity index (χ3v) is 4.26. The topological polar surface area (TPSA) is 55.1 Å². The molecule has 0 fully saturated rings. The fraction of sp³-hybridized carbons (Fsp3) is 0.562. The second-order valence-corrected chi connectivity index (χ2v) is 5.83. The van der Waals surface area contributed by atoms with Gasteiger partial charge in [-0.2, -0.15) is 0 Å². The van der Waals surface area contributed by atoms with Crippen molar-refractivity contribution in [2.24, 2.45) is 5.73 Å². The van der Waals surface area contributed by atoms with Crippen molar-refractivity contribution in [1.82, 2.24) is 5.32 Å². The molecule has 3 nitrogen and oxygen atoms in total. The van der Waals surface area contributed by atoms with Gasteiger partial charge >= 0.3 is 0 Å². The van der Waals surface area contributed by atoms with Gasteiger partial charge in [0, 0.05) is 11.4 Å². The van der Waals surface area contributed by atoms with Crippen molar-refractivity contribution in [2.45, 2.75) is 51.0 Å². The van der Waals surface area contributed by atoms with Crippen LogP contribution < -0.4 is 11.1 Å². The molecule has 0 spiro atoms. The summed E-state index contributed by atoms with van der Waals surface area (Å²) < 4.78 is 0. The summed E-state index contributed by atoms with van der Waals surface area (Å²) in [5.41, 5.74) is 7.83. The molecule has 0 saturated heterocycles. The monoisotopic (exact) mass is 294 g/mol. The van der Waals surface area contributed by atoms with E-state index in [9.17, 15) is 4.79 Å². The summed E-state index contributed by atoms with van der Waals surface area (Å²) in [5, 5.41) is 3.95. The maximum atomic E-state index is 12.0. The van der Waals surface area contributed by atoms with Crippen molar-refractivity contribution < 1.29 is 4.79 Å². The quantitative estimate of drug-likeness (QED) is 0.758. The molecule has 3 N–H and O–H groups in total. The lowest BCUT2D eigenvalue weighted by molar-refractivity contribution is -0.121. The van der Waals surface area contributed by atoms with Crippen LogP contribution in [0.4, 0.5) is 0 Å². The fourth-order valence-electron chi connectivity index (χ4n) is 2.81. The summed E-state index contributed by atoms with van der Waals surface area (Å²) in [7, 11) is 0. The zero-order valence-electron chi connectivity index (χ0n) is 11.8. The van der Waals surface area contributed by atoms with E-state index in [0.717, 1.165) is 50.1 Å². The van der Waals surface area contributed by atoms with Crippen LogP contribution in [0.5, 0.6) is 0 Å². The van der Waals surface area contributed by atoms with E-state index in [4.69, 9.17) is 17.3 Å². The second kappa shape index (κ2) is 7.65. The Hall–Kier alpha value is -1.06. The molecule has 0 radical (unpaired) electrons. The average Bonchev–Trinajstić information content (AvgIpc) is 2.83. The third-order valence-electron chi connectivity index (χ3n) is 3.91. The van der Waals surface area contributed by atoms with E-state index in [2.05, 4.69) is 11.4 Å². The van der Waals surface area contributed by atoms with Crippen LogP contribution in [0.25, 0.3) is 0 Å². The maximum Gasteiger partial charge on any atom is 0.220 e. The summed E-state index contributed by atoms with van der Waals surface area (Å²) in [5.74, 6) is 0.149. The molecule has 2 rings (SSSR count). The highest BCUT2D eigenvalue weighted by Gasteiger charge is 2.25. The van der Waals surface area contributed by atoms with Gasteiger partial charge in [-0.05, 0) is 49.4 Å². The number of halogens is 1. The molecule has 1 aliphatic carbocycles. The van der Waals surface area contributed by atoms with Crippen molar-refractivity contribution >= 4 is 17.5 Å². The molecule has 110 valence electrons. The van der Waals surface area contributed by atoms with E-state index in [1.807, 2.05) is 12.1 Å². The van der Waals surface area contributed by atoms with E-state index >= 15 is 0 Å². The summed E-state index contributed by atoms with van der Waals surface area (Å²) in [4.78, 5) is 12.0. The van der Waals surface area contributed by atoms with Crippen LogP contribution in [0.3, 0.4) is 0 Å². The number of unbranched alkanes of at least 4 members (excludes halogenated alkanes) is 3. The molecular formula is C16H23ClN2O. The number of rotatable bonds is 7. The van der Waals surface area contributed by atoms with Gasteiger partial charge in [0.1, 0.15) is 0 Å². The molecule has 1 aliphatic rings. The second-order valence-electron chi connectivity index (χ2n) is 5.42. The Morgan fingerprint density at radius 1 is 1.30 bits per heavy atom. The Morgan fingerprint density at radius 3 is 2.90 bits per heavy atom. The molecule has 0 bridgehead atoms. The molecule has 1 aromatic carbocycles. The van der Waals surface area contributed by atoms with E-state index in [-0.39, 0.29) is 11.9 Å². The van der Waals surface area contributed by atoms with Crippen LogP contribution >= 0.6 is 11.6 Å². The van der Waals surface area contributed by atoms with Crippen molar-refractivity contribution in [3.63, 3.8) is 0 Å². The molecular weight excluding hydrogens is 272 g/mol. The number of carbonyl (C=O) groups excluding carboxylic acids is 1. The first-order valence-corrected chi connectivity index (χ1v) is 7.87. The minimum Gasteiger partial charge on any atom is -0.349 e. The Morgan fingerprint density at radius 2 is 2.10 bits per heavy atom. The highest BCUT2D eigenvalue weighted by molar-refractivity contribution is 6.31. The maximum absolute atomic E-state index is 12.0. The molecule has 1 unspecified atom stereocenters. The Labute approximate surface area is 125 Å². The highest BCUT2D eigenvalue weighted by Crippen LogP contribution is 2.35. The van der Waals surface area contributed by atoms with Crippen LogP contribution in [0.1, 0.15) is 55.7 Å². The summed E-state index contributed by atoms with van der Waals surface area (Å²) in [6.07, 6.45) is 6.71.